The van der Waals surface area contributed by atoms with Gasteiger partial charge in [0.2, 0.25) is 10.0 Å². The monoisotopic (exact) mass is 401 g/mol. The molecule has 1 unspecified atom stereocenters. The summed E-state index contributed by atoms with van der Waals surface area (Å²) in [6, 6.07) is 7.14. The van der Waals surface area contributed by atoms with Gasteiger partial charge in [0, 0.05) is 29.7 Å². The number of hydrogen-bond acceptors (Lipinski definition) is 5. The lowest BCUT2D eigenvalue weighted by atomic mass is 10.00. The lowest BCUT2D eigenvalue weighted by Crippen LogP contribution is -2.42. The van der Waals surface area contributed by atoms with Crippen molar-refractivity contribution in [1.29, 1.82) is 0 Å². The van der Waals surface area contributed by atoms with Gasteiger partial charge in [-0.15, -0.1) is 23.7 Å². The summed E-state index contributed by atoms with van der Waals surface area (Å²) >= 11 is 1.54. The van der Waals surface area contributed by atoms with E-state index in [1.807, 2.05) is 25.4 Å². The van der Waals surface area contributed by atoms with Crippen molar-refractivity contribution in [2.45, 2.75) is 24.7 Å². The molecular formula is C17H24ClN3O2S2. The molecule has 0 bridgehead atoms. The molecule has 1 aromatic carbocycles. The smallest absolute Gasteiger partial charge is 0.243 e. The van der Waals surface area contributed by atoms with Gasteiger partial charge in [0.05, 0.1) is 4.90 Å². The van der Waals surface area contributed by atoms with Gasteiger partial charge in [0.15, 0.2) is 0 Å². The van der Waals surface area contributed by atoms with Crippen LogP contribution >= 0.6 is 23.7 Å². The Labute approximate surface area is 159 Å². The summed E-state index contributed by atoms with van der Waals surface area (Å²) < 4.78 is 27.7. The molecule has 25 heavy (non-hydrogen) atoms. The van der Waals surface area contributed by atoms with Crippen molar-refractivity contribution in [3.63, 3.8) is 0 Å². The SMILES string of the molecule is CNCC1CCCN(S(=O)(=O)c2cccc(-c3nc(C)cs3)c2)C1.Cl. The number of sulfonamides is 1. The number of piperidine rings is 1. The number of nitrogens with one attached hydrogen (secondary N) is 1. The molecule has 1 aliphatic heterocycles. The zero-order valence-corrected chi connectivity index (χ0v) is 16.9. The summed E-state index contributed by atoms with van der Waals surface area (Å²) in [7, 11) is -1.54. The topological polar surface area (TPSA) is 62.3 Å². The number of thiazole rings is 1. The Morgan fingerprint density at radius 1 is 1.40 bits per heavy atom. The van der Waals surface area contributed by atoms with E-state index in [4.69, 9.17) is 0 Å². The van der Waals surface area contributed by atoms with E-state index in [0.29, 0.717) is 23.9 Å². The molecule has 0 amide bonds. The molecule has 5 nitrogen and oxygen atoms in total. The maximum absolute atomic E-state index is 13.0. The van der Waals surface area contributed by atoms with Crippen LogP contribution < -0.4 is 5.32 Å². The van der Waals surface area contributed by atoms with Crippen LogP contribution in [0.4, 0.5) is 0 Å². The number of aryl methyl sites for hydroxylation is 1. The van der Waals surface area contributed by atoms with Crippen LogP contribution in [0, 0.1) is 12.8 Å². The predicted octanol–water partition coefficient (Wildman–Crippen LogP) is 3.16. The number of hydrogen-bond donors (Lipinski definition) is 1. The van der Waals surface area contributed by atoms with Gasteiger partial charge in [-0.3, -0.25) is 0 Å². The third-order valence-corrected chi connectivity index (χ3v) is 7.18. The Morgan fingerprint density at radius 2 is 2.20 bits per heavy atom. The van der Waals surface area contributed by atoms with E-state index < -0.39 is 10.0 Å². The van der Waals surface area contributed by atoms with Crippen molar-refractivity contribution in [3.05, 3.63) is 35.3 Å². The maximum Gasteiger partial charge on any atom is 0.243 e. The molecule has 1 fully saturated rings. The number of benzene rings is 1. The fraction of sp³-hybridized carbons (Fsp3) is 0.471. The van der Waals surface area contributed by atoms with Gasteiger partial charge in [-0.25, -0.2) is 13.4 Å². The maximum atomic E-state index is 13.0. The molecule has 138 valence electrons. The van der Waals surface area contributed by atoms with E-state index in [0.717, 1.165) is 35.7 Å². The molecule has 1 atom stereocenters. The summed E-state index contributed by atoms with van der Waals surface area (Å²) in [5.74, 6) is 0.378. The van der Waals surface area contributed by atoms with Crippen LogP contribution in [0.15, 0.2) is 34.5 Å². The Hall–Kier alpha value is -0.990. The minimum Gasteiger partial charge on any atom is -0.319 e. The fourth-order valence-electron chi connectivity index (χ4n) is 3.13. The van der Waals surface area contributed by atoms with Crippen molar-refractivity contribution in [2.24, 2.45) is 5.92 Å². The van der Waals surface area contributed by atoms with Crippen LogP contribution in [0.5, 0.6) is 0 Å². The summed E-state index contributed by atoms with van der Waals surface area (Å²) in [5, 5.41) is 5.99. The Morgan fingerprint density at radius 3 is 2.88 bits per heavy atom. The highest BCUT2D eigenvalue weighted by atomic mass is 35.5. The van der Waals surface area contributed by atoms with E-state index >= 15 is 0 Å². The number of nitrogens with zero attached hydrogens (tertiary/aromatic N) is 2. The lowest BCUT2D eigenvalue weighted by molar-refractivity contribution is 0.263. The minimum absolute atomic E-state index is 0. The molecule has 1 saturated heterocycles. The van der Waals surface area contributed by atoms with Crippen LogP contribution in [-0.4, -0.2) is 44.4 Å². The molecule has 0 saturated carbocycles. The molecule has 1 N–H and O–H groups in total. The molecule has 3 rings (SSSR count). The molecule has 8 heteroatoms. The standard InChI is InChI=1S/C17H23N3O2S2.ClH/c1-13-12-23-17(19-13)15-6-3-7-16(9-15)24(21,22)20-8-4-5-14(11-20)10-18-2;/h3,6-7,9,12,14,18H,4-5,8,10-11H2,1-2H3;1H. The first-order chi connectivity index (χ1) is 11.5. The van der Waals surface area contributed by atoms with Crippen molar-refractivity contribution in [3.8, 4) is 10.6 Å². The number of aromatic nitrogens is 1. The van der Waals surface area contributed by atoms with Crippen LogP contribution in [0.1, 0.15) is 18.5 Å². The molecule has 0 spiro atoms. The lowest BCUT2D eigenvalue weighted by Gasteiger charge is -2.31. The van der Waals surface area contributed by atoms with E-state index in [-0.39, 0.29) is 12.4 Å². The van der Waals surface area contributed by atoms with E-state index in [9.17, 15) is 8.42 Å². The van der Waals surface area contributed by atoms with Gasteiger partial charge in [-0.1, -0.05) is 12.1 Å². The van der Waals surface area contributed by atoms with E-state index in [1.165, 1.54) is 11.3 Å². The molecule has 1 aromatic heterocycles. The largest absolute Gasteiger partial charge is 0.319 e. The third kappa shape index (κ3) is 4.60. The molecule has 2 aromatic rings. The van der Waals surface area contributed by atoms with E-state index in [2.05, 4.69) is 10.3 Å². The predicted molar refractivity (Wildman–Crippen MR) is 105 cm³/mol. The first kappa shape index (κ1) is 20.3. The van der Waals surface area contributed by atoms with Gasteiger partial charge in [0.1, 0.15) is 5.01 Å². The second-order valence-electron chi connectivity index (χ2n) is 6.25. The average Bonchev–Trinajstić information content (AvgIpc) is 3.02. The summed E-state index contributed by atoms with van der Waals surface area (Å²) in [4.78, 5) is 4.81. The Bertz CT molecular complexity index is 806. The summed E-state index contributed by atoms with van der Waals surface area (Å²) in [5.41, 5.74) is 1.81. The van der Waals surface area contributed by atoms with Crippen molar-refractivity contribution < 1.29 is 8.42 Å². The first-order valence-corrected chi connectivity index (χ1v) is 10.5. The van der Waals surface area contributed by atoms with Gasteiger partial charge in [-0.2, -0.15) is 4.31 Å². The second-order valence-corrected chi connectivity index (χ2v) is 9.05. The molecule has 0 radical (unpaired) electrons. The van der Waals surface area contributed by atoms with Crippen molar-refractivity contribution in [2.75, 3.05) is 26.7 Å². The summed E-state index contributed by atoms with van der Waals surface area (Å²) in [6.45, 7) is 3.98. The molecule has 0 aliphatic carbocycles. The van der Waals surface area contributed by atoms with E-state index in [1.54, 1.807) is 22.5 Å². The highest BCUT2D eigenvalue weighted by molar-refractivity contribution is 7.89. The number of rotatable bonds is 5. The van der Waals surface area contributed by atoms with Crippen LogP contribution in [0.3, 0.4) is 0 Å². The zero-order chi connectivity index (χ0) is 17.2. The molecule has 2 heterocycles. The van der Waals surface area contributed by atoms with Crippen molar-refractivity contribution in [1.82, 2.24) is 14.6 Å². The molecular weight excluding hydrogens is 378 g/mol. The minimum atomic E-state index is -3.45. The Balaban J connectivity index is 0.00000225. The van der Waals surface area contributed by atoms with Crippen LogP contribution in [0.25, 0.3) is 10.6 Å². The van der Waals surface area contributed by atoms with Gasteiger partial charge in [0.25, 0.3) is 0 Å². The van der Waals surface area contributed by atoms with Gasteiger partial charge >= 0.3 is 0 Å². The van der Waals surface area contributed by atoms with Crippen LogP contribution in [0.2, 0.25) is 0 Å². The summed E-state index contributed by atoms with van der Waals surface area (Å²) in [6.07, 6.45) is 1.99. The average molecular weight is 402 g/mol. The Kier molecular flexibility index (Phi) is 6.99. The van der Waals surface area contributed by atoms with Gasteiger partial charge < -0.3 is 5.32 Å². The quantitative estimate of drug-likeness (QED) is 0.835. The molecule has 1 aliphatic rings. The van der Waals surface area contributed by atoms with Crippen molar-refractivity contribution >= 4 is 33.8 Å². The first-order valence-electron chi connectivity index (χ1n) is 8.18. The number of halogens is 1. The highest BCUT2D eigenvalue weighted by Gasteiger charge is 2.30. The normalized spacial score (nSPS) is 18.7. The fourth-order valence-corrected chi connectivity index (χ4v) is 5.52. The van der Waals surface area contributed by atoms with Crippen LogP contribution in [-0.2, 0) is 10.0 Å². The third-order valence-electron chi connectivity index (χ3n) is 4.31. The second kappa shape index (κ2) is 8.60. The van der Waals surface area contributed by atoms with Gasteiger partial charge in [-0.05, 0) is 51.4 Å². The highest BCUT2D eigenvalue weighted by Crippen LogP contribution is 2.28. The zero-order valence-electron chi connectivity index (χ0n) is 14.4.